The van der Waals surface area contributed by atoms with Gasteiger partial charge in [0.05, 0.1) is 23.3 Å². The molecular weight excluding hydrogens is 545 g/mol. The average molecular weight is 569 g/mol. The molecule has 9 nitrogen and oxygen atoms in total. The Bertz CT molecular complexity index is 1930. The lowest BCUT2D eigenvalue weighted by atomic mass is 10.1. The summed E-state index contributed by atoms with van der Waals surface area (Å²) < 4.78 is 44.4. The molecule has 12 heteroatoms. The fourth-order valence-electron chi connectivity index (χ4n) is 4.46. The Morgan fingerprint density at radius 1 is 0.976 bits per heavy atom. The third kappa shape index (κ3) is 5.42. The number of hydrogen-bond donors (Lipinski definition) is 2. The summed E-state index contributed by atoms with van der Waals surface area (Å²) in [5.74, 6) is -0.117. The zero-order valence-electron chi connectivity index (χ0n) is 22.4. The third-order valence-corrected chi connectivity index (χ3v) is 6.60. The Morgan fingerprint density at radius 2 is 1.83 bits per heavy atom. The van der Waals surface area contributed by atoms with E-state index < -0.39 is 17.6 Å². The van der Waals surface area contributed by atoms with Crippen molar-refractivity contribution in [3.63, 3.8) is 0 Å². The van der Waals surface area contributed by atoms with E-state index in [4.69, 9.17) is 4.98 Å². The minimum atomic E-state index is -4.61. The molecule has 6 rings (SSSR count). The lowest BCUT2D eigenvalue weighted by molar-refractivity contribution is -0.137. The Hall–Kier alpha value is -5.52. The number of nitrogens with one attached hydrogen (secondary N) is 2. The molecule has 4 aromatic heterocycles. The molecule has 1 amide bonds. The van der Waals surface area contributed by atoms with Crippen LogP contribution in [0.15, 0.2) is 92.0 Å². The van der Waals surface area contributed by atoms with Crippen LogP contribution >= 0.6 is 0 Å². The van der Waals surface area contributed by atoms with Gasteiger partial charge in [-0.25, -0.2) is 15.0 Å². The predicted molar refractivity (Wildman–Crippen MR) is 152 cm³/mol. The van der Waals surface area contributed by atoms with Gasteiger partial charge < -0.3 is 19.6 Å². The highest BCUT2D eigenvalue weighted by atomic mass is 19.4. The van der Waals surface area contributed by atoms with Crippen LogP contribution in [0, 0.1) is 13.8 Å². The highest BCUT2D eigenvalue weighted by Crippen LogP contribution is 2.33. The Kier molecular flexibility index (Phi) is 6.65. The first-order valence-corrected chi connectivity index (χ1v) is 12.8. The van der Waals surface area contributed by atoms with Crippen LogP contribution in [-0.4, -0.2) is 34.8 Å². The van der Waals surface area contributed by atoms with Crippen LogP contribution in [0.2, 0.25) is 0 Å². The summed E-state index contributed by atoms with van der Waals surface area (Å²) in [6.07, 6.45) is 7.09. The van der Waals surface area contributed by atoms with Crippen LogP contribution in [0.1, 0.15) is 27.2 Å². The second-order valence-corrected chi connectivity index (χ2v) is 9.67. The van der Waals surface area contributed by atoms with Crippen molar-refractivity contribution in [2.75, 3.05) is 10.6 Å². The van der Waals surface area contributed by atoms with Gasteiger partial charge in [0, 0.05) is 65.4 Å². The van der Waals surface area contributed by atoms with Gasteiger partial charge in [0.2, 0.25) is 0 Å². The van der Waals surface area contributed by atoms with E-state index >= 15 is 0 Å². The lowest BCUT2D eigenvalue weighted by Crippen LogP contribution is -2.14. The smallest absolute Gasteiger partial charge is 0.337 e. The molecule has 0 aliphatic heterocycles. The number of aromatic nitrogens is 6. The van der Waals surface area contributed by atoms with Gasteiger partial charge in [-0.2, -0.15) is 13.2 Å². The average Bonchev–Trinajstić information content (AvgIpc) is 3.63. The minimum Gasteiger partial charge on any atom is -0.337 e. The number of rotatable bonds is 6. The molecule has 4 heterocycles. The Balaban J connectivity index is 1.32. The van der Waals surface area contributed by atoms with Gasteiger partial charge in [0.25, 0.3) is 5.91 Å². The molecule has 2 N–H and O–H groups in total. The fourth-order valence-corrected chi connectivity index (χ4v) is 4.46. The number of aryl methyl sites for hydroxylation is 2. The fraction of sp³-hybridized carbons (Fsp3) is 0.100. The molecule has 0 spiro atoms. The summed E-state index contributed by atoms with van der Waals surface area (Å²) in [7, 11) is 0. The van der Waals surface area contributed by atoms with Gasteiger partial charge in [-0.1, -0.05) is 6.07 Å². The van der Waals surface area contributed by atoms with Crippen LogP contribution in [-0.2, 0) is 6.18 Å². The number of imidazole rings is 2. The highest BCUT2D eigenvalue weighted by molar-refractivity contribution is 6.05. The van der Waals surface area contributed by atoms with Crippen molar-refractivity contribution in [3.8, 4) is 16.9 Å². The second-order valence-electron chi connectivity index (χ2n) is 9.67. The standard InChI is InChI=1S/C30H23F3N8O/c1-18-5-6-20(29(42)37-23-11-22(30(31,32)33)12-24(13-23)41-15-19(2)36-17-41)10-25(18)38-27-28-35-8-9-40(28)16-26(39-27)21-4-3-7-34-14-21/h3-17H,1-2H3,(H,37,42)(H,38,39). The van der Waals surface area contributed by atoms with Crippen molar-refractivity contribution in [1.29, 1.82) is 0 Å². The quantitative estimate of drug-likeness (QED) is 0.235. The molecule has 0 radical (unpaired) electrons. The number of halogens is 3. The Labute approximate surface area is 237 Å². The first-order valence-electron chi connectivity index (χ1n) is 12.8. The van der Waals surface area contributed by atoms with Crippen molar-refractivity contribution in [2.45, 2.75) is 20.0 Å². The number of amides is 1. The van der Waals surface area contributed by atoms with Crippen molar-refractivity contribution in [3.05, 3.63) is 114 Å². The Morgan fingerprint density at radius 3 is 2.57 bits per heavy atom. The summed E-state index contributed by atoms with van der Waals surface area (Å²) in [6.45, 7) is 3.60. The van der Waals surface area contributed by atoms with Crippen LogP contribution in [0.25, 0.3) is 22.6 Å². The van der Waals surface area contributed by atoms with E-state index in [-0.39, 0.29) is 16.9 Å². The summed E-state index contributed by atoms with van der Waals surface area (Å²) in [5, 5.41) is 5.89. The van der Waals surface area contributed by atoms with E-state index in [1.54, 1.807) is 56.1 Å². The molecule has 0 atom stereocenters. The second kappa shape index (κ2) is 10.5. The molecule has 6 aromatic rings. The first kappa shape index (κ1) is 26.7. The molecule has 0 unspecified atom stereocenters. The maximum atomic E-state index is 13.7. The zero-order chi connectivity index (χ0) is 29.4. The van der Waals surface area contributed by atoms with Crippen molar-refractivity contribution in [2.24, 2.45) is 0 Å². The maximum absolute atomic E-state index is 13.7. The molecular formula is C30H23F3N8O. The lowest BCUT2D eigenvalue weighted by Gasteiger charge is -2.15. The van der Waals surface area contributed by atoms with Gasteiger partial charge in [0.15, 0.2) is 11.5 Å². The van der Waals surface area contributed by atoms with E-state index in [1.165, 1.54) is 17.0 Å². The highest BCUT2D eigenvalue weighted by Gasteiger charge is 2.31. The zero-order valence-corrected chi connectivity index (χ0v) is 22.4. The number of fused-ring (bicyclic) bond motifs is 1. The number of carbonyl (C=O) groups excluding carboxylic acids is 1. The number of hydrogen-bond acceptors (Lipinski definition) is 6. The first-order chi connectivity index (χ1) is 20.1. The summed E-state index contributed by atoms with van der Waals surface area (Å²) >= 11 is 0. The van der Waals surface area contributed by atoms with E-state index in [9.17, 15) is 18.0 Å². The molecule has 0 fully saturated rings. The third-order valence-electron chi connectivity index (χ3n) is 6.60. The monoisotopic (exact) mass is 568 g/mol. The van der Waals surface area contributed by atoms with Crippen molar-refractivity contribution >= 4 is 28.7 Å². The normalized spacial score (nSPS) is 11.5. The van der Waals surface area contributed by atoms with Crippen LogP contribution in [0.3, 0.4) is 0 Å². The van der Waals surface area contributed by atoms with Gasteiger partial charge in [0.1, 0.15) is 0 Å². The summed E-state index contributed by atoms with van der Waals surface area (Å²) in [4.78, 5) is 30.7. The van der Waals surface area contributed by atoms with E-state index in [1.807, 2.05) is 29.7 Å². The molecule has 0 saturated carbocycles. The number of pyridine rings is 1. The van der Waals surface area contributed by atoms with Crippen LogP contribution < -0.4 is 10.6 Å². The maximum Gasteiger partial charge on any atom is 0.416 e. The molecule has 2 aromatic carbocycles. The SMILES string of the molecule is Cc1cn(-c2cc(NC(=O)c3ccc(C)c(Nc4nc(-c5cccnc5)cn5ccnc45)c3)cc(C(F)(F)F)c2)cn1. The van der Waals surface area contributed by atoms with E-state index in [0.717, 1.165) is 23.3 Å². The number of nitrogens with zero attached hydrogens (tertiary/aromatic N) is 6. The number of alkyl halides is 3. The number of benzene rings is 2. The molecule has 0 saturated heterocycles. The van der Waals surface area contributed by atoms with Crippen LogP contribution in [0.4, 0.5) is 30.4 Å². The summed E-state index contributed by atoms with van der Waals surface area (Å²) in [6, 6.07) is 12.1. The molecule has 0 aliphatic rings. The minimum absolute atomic E-state index is 0.00352. The summed E-state index contributed by atoms with van der Waals surface area (Å²) in [5.41, 5.74) is 3.66. The van der Waals surface area contributed by atoms with E-state index in [2.05, 4.69) is 25.6 Å². The molecule has 0 aliphatic carbocycles. The van der Waals surface area contributed by atoms with Gasteiger partial charge in [-0.15, -0.1) is 0 Å². The number of anilines is 3. The topological polar surface area (TPSA) is 102 Å². The van der Waals surface area contributed by atoms with Crippen LogP contribution in [0.5, 0.6) is 0 Å². The predicted octanol–water partition coefficient (Wildman–Crippen LogP) is 6.61. The van der Waals surface area contributed by atoms with Crippen molar-refractivity contribution in [1.82, 2.24) is 28.9 Å². The largest absolute Gasteiger partial charge is 0.416 e. The molecule has 210 valence electrons. The number of carbonyl (C=O) groups is 1. The molecule has 0 bridgehead atoms. The molecule has 42 heavy (non-hydrogen) atoms. The van der Waals surface area contributed by atoms with Crippen molar-refractivity contribution < 1.29 is 18.0 Å². The van der Waals surface area contributed by atoms with Gasteiger partial charge >= 0.3 is 6.18 Å². The van der Waals surface area contributed by atoms with Gasteiger partial charge in [-0.3, -0.25) is 9.78 Å². The van der Waals surface area contributed by atoms with E-state index in [0.29, 0.717) is 28.5 Å². The van der Waals surface area contributed by atoms with Gasteiger partial charge in [-0.05, 0) is 61.9 Å².